The molecule has 0 bridgehead atoms. The second-order valence-corrected chi connectivity index (χ2v) is 12.3. The molecule has 0 spiro atoms. The van der Waals surface area contributed by atoms with Gasteiger partial charge in [0.05, 0.1) is 5.76 Å². The van der Waals surface area contributed by atoms with Crippen LogP contribution in [0.15, 0.2) is 71.0 Å². The van der Waals surface area contributed by atoms with Gasteiger partial charge >= 0.3 is 0 Å². The molecule has 0 unspecified atom stereocenters. The molecule has 2 aromatic heterocycles. The number of fused-ring (bicyclic) bond motifs is 1. The van der Waals surface area contributed by atoms with Gasteiger partial charge in [0, 0.05) is 55.2 Å². The van der Waals surface area contributed by atoms with Gasteiger partial charge in [-0.1, -0.05) is 86.6 Å². The van der Waals surface area contributed by atoms with Crippen molar-refractivity contribution in [3.05, 3.63) is 89.3 Å². The molecule has 43 heavy (non-hydrogen) atoms. The molecular weight excluding hydrogens is 711 g/mol. The molecule has 0 saturated carbocycles. The normalized spacial score (nSPS) is 11.8. The van der Waals surface area contributed by atoms with E-state index in [1.54, 1.807) is 0 Å². The number of allylic oxidation sites excluding steroid dienone is 2. The fourth-order valence-corrected chi connectivity index (χ4v) is 5.17. The largest absolute Gasteiger partial charge is 0.512 e. The molecule has 0 aliphatic heterocycles. The van der Waals surface area contributed by atoms with E-state index < -0.39 is 0 Å². The number of aliphatic hydroxyl groups is 1. The summed E-state index contributed by atoms with van der Waals surface area (Å²) in [5.41, 5.74) is 7.61. The molecular formula is C38H48IrNO3-. The Bertz CT molecular complexity index is 1480. The molecule has 5 heteroatoms. The van der Waals surface area contributed by atoms with Crippen molar-refractivity contribution in [2.45, 2.75) is 93.4 Å². The molecule has 0 aliphatic carbocycles. The van der Waals surface area contributed by atoms with Crippen molar-refractivity contribution in [2.24, 2.45) is 11.8 Å². The number of carbonyl (C=O) groups excluding carboxylic acids is 1. The van der Waals surface area contributed by atoms with Gasteiger partial charge in [-0.05, 0) is 54.5 Å². The van der Waals surface area contributed by atoms with Crippen molar-refractivity contribution in [3.8, 4) is 22.6 Å². The summed E-state index contributed by atoms with van der Waals surface area (Å²) < 4.78 is 6.15. The average molecular weight is 759 g/mol. The van der Waals surface area contributed by atoms with Crippen LogP contribution in [0.1, 0.15) is 90.8 Å². The van der Waals surface area contributed by atoms with Gasteiger partial charge in [0.2, 0.25) is 0 Å². The van der Waals surface area contributed by atoms with E-state index in [9.17, 15) is 9.90 Å². The minimum Gasteiger partial charge on any atom is -0.512 e. The van der Waals surface area contributed by atoms with E-state index >= 15 is 0 Å². The monoisotopic (exact) mass is 759 g/mol. The summed E-state index contributed by atoms with van der Waals surface area (Å²) in [6.07, 6.45) is 6.79. The molecule has 0 saturated heterocycles. The van der Waals surface area contributed by atoms with Crippen LogP contribution in [0.5, 0.6) is 0 Å². The number of rotatable bonds is 9. The van der Waals surface area contributed by atoms with Crippen LogP contribution in [0.2, 0.25) is 0 Å². The number of aliphatic hydroxyl groups excluding tert-OH is 1. The minimum atomic E-state index is 0. The maximum Gasteiger partial charge on any atom is 0.162 e. The van der Waals surface area contributed by atoms with Gasteiger partial charge in [0.15, 0.2) is 5.78 Å². The zero-order valence-electron chi connectivity index (χ0n) is 27.3. The number of aryl methyl sites for hydroxylation is 2. The van der Waals surface area contributed by atoms with E-state index in [2.05, 4.69) is 88.1 Å². The Balaban J connectivity index is 0.000000348. The summed E-state index contributed by atoms with van der Waals surface area (Å²) in [6.45, 7) is 18.9. The Morgan fingerprint density at radius 2 is 1.53 bits per heavy atom. The molecule has 1 N–H and O–H groups in total. The number of pyridine rings is 1. The predicted molar refractivity (Wildman–Crippen MR) is 176 cm³/mol. The van der Waals surface area contributed by atoms with Crippen molar-refractivity contribution in [1.29, 1.82) is 0 Å². The predicted octanol–water partition coefficient (Wildman–Crippen LogP) is 10.7. The van der Waals surface area contributed by atoms with Crippen molar-refractivity contribution in [2.75, 3.05) is 0 Å². The Morgan fingerprint density at radius 1 is 0.930 bits per heavy atom. The van der Waals surface area contributed by atoms with Crippen LogP contribution in [0.3, 0.4) is 0 Å². The van der Waals surface area contributed by atoms with Crippen LogP contribution in [0.25, 0.3) is 33.6 Å². The van der Waals surface area contributed by atoms with E-state index in [0.717, 1.165) is 64.8 Å². The summed E-state index contributed by atoms with van der Waals surface area (Å²) in [7, 11) is 0. The third kappa shape index (κ3) is 9.74. The quantitative estimate of drug-likeness (QED) is 0.105. The molecule has 4 rings (SSSR count). The number of carbonyl (C=O) groups is 1. The first-order chi connectivity index (χ1) is 19.9. The molecule has 0 atom stereocenters. The van der Waals surface area contributed by atoms with Crippen LogP contribution in [0.4, 0.5) is 0 Å². The fraction of sp³-hybridized carbons (Fsp3) is 0.421. The summed E-state index contributed by atoms with van der Waals surface area (Å²) in [6, 6.07) is 20.3. The zero-order chi connectivity index (χ0) is 31.0. The van der Waals surface area contributed by atoms with E-state index in [-0.39, 0.29) is 48.9 Å². The second kappa shape index (κ2) is 16.2. The van der Waals surface area contributed by atoms with Gasteiger partial charge in [-0.25, -0.2) is 0 Å². The maximum atomic E-state index is 11.7. The summed E-state index contributed by atoms with van der Waals surface area (Å²) >= 11 is 0. The number of benzene rings is 2. The van der Waals surface area contributed by atoms with Gasteiger partial charge in [-0.2, -0.15) is 0 Å². The number of hydrogen-bond donors (Lipinski definition) is 1. The molecule has 4 nitrogen and oxygen atoms in total. The number of aromatic nitrogens is 1. The van der Waals surface area contributed by atoms with Crippen LogP contribution < -0.4 is 0 Å². The molecule has 0 aliphatic rings. The number of nitrogens with zero attached hydrogens (tertiary/aromatic N) is 1. The van der Waals surface area contributed by atoms with Crippen molar-refractivity contribution < 1.29 is 34.4 Å². The Morgan fingerprint density at radius 3 is 2.07 bits per heavy atom. The van der Waals surface area contributed by atoms with Gasteiger partial charge in [-0.3, -0.25) is 4.79 Å². The van der Waals surface area contributed by atoms with Gasteiger partial charge in [0.1, 0.15) is 11.3 Å². The number of hydrogen-bond acceptors (Lipinski definition) is 4. The van der Waals surface area contributed by atoms with Crippen LogP contribution in [-0.2, 0) is 30.3 Å². The molecule has 4 aromatic rings. The van der Waals surface area contributed by atoms with Crippen LogP contribution >= 0.6 is 0 Å². The van der Waals surface area contributed by atoms with Crippen LogP contribution in [0, 0.1) is 31.7 Å². The molecule has 0 amide bonds. The summed E-state index contributed by atoms with van der Waals surface area (Å²) in [5, 5.41) is 10.8. The number of ketones is 1. The topological polar surface area (TPSA) is 63.3 Å². The van der Waals surface area contributed by atoms with E-state index in [1.165, 1.54) is 17.2 Å². The van der Waals surface area contributed by atoms with Crippen molar-refractivity contribution in [1.82, 2.24) is 4.98 Å². The zero-order valence-corrected chi connectivity index (χ0v) is 29.7. The van der Waals surface area contributed by atoms with E-state index in [0.29, 0.717) is 0 Å². The molecule has 2 heterocycles. The SMILES string of the molecule is CCC(CC)C(=O)/C=C(\O)C(CC)CC.Cc1[c-]c(-c2cc3oc(-c4ccc(C(C)(C)C)cc4)cc3cn2)cc(C)c1.[Ir]. The fourth-order valence-electron chi connectivity index (χ4n) is 5.17. The molecule has 0 fully saturated rings. The Labute approximate surface area is 272 Å². The van der Waals surface area contributed by atoms with Gasteiger partial charge in [0.25, 0.3) is 0 Å². The minimum absolute atomic E-state index is 0. The Kier molecular flexibility index (Phi) is 13.6. The molecule has 2 aromatic carbocycles. The second-order valence-electron chi connectivity index (χ2n) is 12.3. The van der Waals surface area contributed by atoms with E-state index in [4.69, 9.17) is 4.42 Å². The smallest absolute Gasteiger partial charge is 0.162 e. The Hall–Kier alpha value is -3.01. The first kappa shape index (κ1) is 36.2. The van der Waals surface area contributed by atoms with E-state index in [1.807, 2.05) is 40.0 Å². The van der Waals surface area contributed by atoms with Crippen molar-refractivity contribution >= 4 is 16.8 Å². The van der Waals surface area contributed by atoms with Crippen molar-refractivity contribution in [3.63, 3.8) is 0 Å². The first-order valence-electron chi connectivity index (χ1n) is 15.4. The molecule has 233 valence electrons. The van der Waals surface area contributed by atoms with Gasteiger partial charge < -0.3 is 14.5 Å². The summed E-state index contributed by atoms with van der Waals surface area (Å²) in [5.74, 6) is 1.42. The van der Waals surface area contributed by atoms with Gasteiger partial charge in [-0.15, -0.1) is 34.9 Å². The summed E-state index contributed by atoms with van der Waals surface area (Å²) in [4.78, 5) is 16.3. The standard InChI is InChI=1S/C25H24NO.C13H24O2.Ir/c1-16-10-17(2)12-19(11-16)22-14-24-20(15-26-22)13-23(27-24)18-6-8-21(9-7-18)25(3,4)5;1-5-10(6-2)12(14)9-13(15)11(7-3)8-4;/h6-11,13-15H,1-5H3;9-11,14H,5-8H2,1-4H3;/q-1;;/b;12-9-;. The maximum absolute atomic E-state index is 11.7. The van der Waals surface area contributed by atoms with Crippen LogP contribution in [-0.4, -0.2) is 15.9 Å². The molecule has 1 radical (unpaired) electrons. The third-order valence-corrected chi connectivity index (χ3v) is 7.94. The number of furan rings is 1. The average Bonchev–Trinajstić information content (AvgIpc) is 3.37. The third-order valence-electron chi connectivity index (χ3n) is 7.94. The first-order valence-corrected chi connectivity index (χ1v) is 15.4.